The van der Waals surface area contributed by atoms with Gasteiger partial charge in [0.15, 0.2) is 0 Å². The molecule has 1 aliphatic rings. The van der Waals surface area contributed by atoms with Crippen LogP contribution in [0.25, 0.3) is 0 Å². The van der Waals surface area contributed by atoms with Gasteiger partial charge in [0.25, 0.3) is 0 Å². The smallest absolute Gasteiger partial charge is 0.244 e. The van der Waals surface area contributed by atoms with Crippen LogP contribution in [0.3, 0.4) is 0 Å². The number of aromatic nitrogens is 2. The maximum atomic E-state index is 5.68. The fourth-order valence-electron chi connectivity index (χ4n) is 1.97. The number of hydrogen-bond acceptors (Lipinski definition) is 6. The van der Waals surface area contributed by atoms with Gasteiger partial charge in [0.1, 0.15) is 6.10 Å². The van der Waals surface area contributed by atoms with Crippen LogP contribution >= 0.6 is 11.8 Å². The molecular formula is C12H21N3O2S. The zero-order valence-corrected chi connectivity index (χ0v) is 12.0. The second kappa shape index (κ2) is 6.54. The summed E-state index contributed by atoms with van der Waals surface area (Å²) in [4.78, 5) is 4.50. The predicted octanol–water partition coefficient (Wildman–Crippen LogP) is 2.18. The van der Waals surface area contributed by atoms with E-state index in [1.165, 1.54) is 0 Å². The zero-order chi connectivity index (χ0) is 13.0. The molecule has 0 bridgehead atoms. The fourth-order valence-corrected chi connectivity index (χ4v) is 2.90. The molecule has 5 nitrogen and oxygen atoms in total. The molecule has 18 heavy (non-hydrogen) atoms. The minimum atomic E-state index is -0.0799. The van der Waals surface area contributed by atoms with E-state index in [2.05, 4.69) is 29.3 Å². The van der Waals surface area contributed by atoms with Crippen LogP contribution in [-0.4, -0.2) is 34.8 Å². The Hall–Kier alpha value is -0.590. The number of ether oxygens (including phenoxy) is 1. The Morgan fingerprint density at radius 1 is 1.56 bits per heavy atom. The Kier molecular flexibility index (Phi) is 5.03. The van der Waals surface area contributed by atoms with Crippen LogP contribution in [0.15, 0.2) is 4.52 Å². The van der Waals surface area contributed by atoms with Crippen molar-refractivity contribution in [1.29, 1.82) is 0 Å². The zero-order valence-electron chi connectivity index (χ0n) is 11.2. The molecule has 0 radical (unpaired) electrons. The first-order chi connectivity index (χ1) is 8.72. The lowest BCUT2D eigenvalue weighted by Crippen LogP contribution is -2.30. The van der Waals surface area contributed by atoms with Gasteiger partial charge < -0.3 is 14.6 Å². The Balaban J connectivity index is 2.07. The monoisotopic (exact) mass is 271 g/mol. The van der Waals surface area contributed by atoms with Crippen LogP contribution in [0.5, 0.6) is 0 Å². The molecule has 102 valence electrons. The molecule has 1 fully saturated rings. The van der Waals surface area contributed by atoms with E-state index >= 15 is 0 Å². The first-order valence-electron chi connectivity index (χ1n) is 6.48. The van der Waals surface area contributed by atoms with Gasteiger partial charge in [-0.25, -0.2) is 0 Å². The molecule has 2 heterocycles. The van der Waals surface area contributed by atoms with Crippen LogP contribution in [0.1, 0.15) is 44.6 Å². The lowest BCUT2D eigenvalue weighted by molar-refractivity contribution is 0.0217. The molecule has 2 atom stereocenters. The Morgan fingerprint density at radius 3 is 3.00 bits per heavy atom. The van der Waals surface area contributed by atoms with Gasteiger partial charge in [-0.15, -0.1) is 0 Å². The quantitative estimate of drug-likeness (QED) is 0.885. The van der Waals surface area contributed by atoms with E-state index in [1.54, 1.807) is 0 Å². The third-order valence-electron chi connectivity index (χ3n) is 2.88. The third kappa shape index (κ3) is 3.24. The molecule has 0 amide bonds. The molecule has 0 spiro atoms. The highest BCUT2D eigenvalue weighted by Gasteiger charge is 2.26. The Bertz CT molecular complexity index is 364. The molecule has 2 rings (SSSR count). The van der Waals surface area contributed by atoms with Gasteiger partial charge in [0.2, 0.25) is 11.7 Å². The molecular weight excluding hydrogens is 250 g/mol. The molecule has 1 aromatic heterocycles. The third-order valence-corrected chi connectivity index (χ3v) is 3.95. The van der Waals surface area contributed by atoms with Crippen molar-refractivity contribution in [3.8, 4) is 0 Å². The highest BCUT2D eigenvalue weighted by molar-refractivity contribution is 7.99. The topological polar surface area (TPSA) is 60.2 Å². The van der Waals surface area contributed by atoms with Gasteiger partial charge in [-0.1, -0.05) is 19.0 Å². The Morgan fingerprint density at radius 2 is 2.39 bits per heavy atom. The van der Waals surface area contributed by atoms with E-state index < -0.39 is 0 Å². The first-order valence-corrected chi connectivity index (χ1v) is 7.64. The molecule has 1 aromatic rings. The summed E-state index contributed by atoms with van der Waals surface area (Å²) in [6.07, 6.45) is -0.0799. The summed E-state index contributed by atoms with van der Waals surface area (Å²) in [5, 5.41) is 7.46. The van der Waals surface area contributed by atoms with Crippen molar-refractivity contribution >= 4 is 11.8 Å². The van der Waals surface area contributed by atoms with Crippen molar-refractivity contribution in [2.45, 2.75) is 32.9 Å². The van der Waals surface area contributed by atoms with Crippen LogP contribution in [-0.2, 0) is 4.74 Å². The van der Waals surface area contributed by atoms with Gasteiger partial charge >= 0.3 is 0 Å². The number of rotatable bonds is 5. The summed E-state index contributed by atoms with van der Waals surface area (Å²) < 4.78 is 11.0. The molecule has 0 aliphatic carbocycles. The molecule has 0 aromatic carbocycles. The standard InChI is InChI=1S/C12H21N3O2S/c1-4-16-10(8(2)3)11-14-12(17-15-11)9-7-18-6-5-13-9/h8-10,13H,4-7H2,1-3H3. The highest BCUT2D eigenvalue weighted by atomic mass is 32.2. The van der Waals surface area contributed by atoms with Crippen LogP contribution in [0.2, 0.25) is 0 Å². The summed E-state index contributed by atoms with van der Waals surface area (Å²) in [6, 6.07) is 0.180. The van der Waals surface area contributed by atoms with E-state index in [-0.39, 0.29) is 12.1 Å². The minimum absolute atomic E-state index is 0.0799. The molecule has 1 N–H and O–H groups in total. The lowest BCUT2D eigenvalue weighted by Gasteiger charge is -2.19. The normalized spacial score (nSPS) is 22.3. The van der Waals surface area contributed by atoms with Crippen molar-refractivity contribution in [3.63, 3.8) is 0 Å². The maximum Gasteiger partial charge on any atom is 0.244 e. The summed E-state index contributed by atoms with van der Waals surface area (Å²) in [7, 11) is 0. The van der Waals surface area contributed by atoms with E-state index in [1.807, 2.05) is 18.7 Å². The molecule has 0 saturated carbocycles. The van der Waals surface area contributed by atoms with Crippen LogP contribution in [0, 0.1) is 5.92 Å². The summed E-state index contributed by atoms with van der Waals surface area (Å²) in [5.41, 5.74) is 0. The summed E-state index contributed by atoms with van der Waals surface area (Å²) in [5.74, 6) is 3.82. The summed E-state index contributed by atoms with van der Waals surface area (Å²) >= 11 is 1.91. The minimum Gasteiger partial charge on any atom is -0.370 e. The highest BCUT2D eigenvalue weighted by Crippen LogP contribution is 2.26. The Labute approximate surface area is 112 Å². The van der Waals surface area contributed by atoms with Crippen LogP contribution in [0.4, 0.5) is 0 Å². The van der Waals surface area contributed by atoms with E-state index in [0.717, 1.165) is 18.1 Å². The van der Waals surface area contributed by atoms with Crippen molar-refractivity contribution in [3.05, 3.63) is 11.7 Å². The van der Waals surface area contributed by atoms with E-state index in [0.29, 0.717) is 24.2 Å². The van der Waals surface area contributed by atoms with Crippen molar-refractivity contribution in [1.82, 2.24) is 15.5 Å². The number of nitrogens with zero attached hydrogens (tertiary/aromatic N) is 2. The lowest BCUT2D eigenvalue weighted by atomic mass is 10.1. The maximum absolute atomic E-state index is 5.68. The SMILES string of the molecule is CCOC(c1noc(C2CSCCN2)n1)C(C)C. The van der Waals surface area contributed by atoms with Crippen molar-refractivity contribution in [2.75, 3.05) is 24.7 Å². The average Bonchev–Trinajstić information content (AvgIpc) is 2.86. The second-order valence-electron chi connectivity index (χ2n) is 4.69. The van der Waals surface area contributed by atoms with Crippen LogP contribution < -0.4 is 5.32 Å². The van der Waals surface area contributed by atoms with E-state index in [4.69, 9.17) is 9.26 Å². The number of thioether (sulfide) groups is 1. The second-order valence-corrected chi connectivity index (χ2v) is 5.84. The average molecular weight is 271 g/mol. The molecule has 2 unspecified atom stereocenters. The van der Waals surface area contributed by atoms with Gasteiger partial charge in [-0.2, -0.15) is 16.7 Å². The molecule has 1 aliphatic heterocycles. The first kappa shape index (κ1) is 13.8. The van der Waals surface area contributed by atoms with Gasteiger partial charge in [0.05, 0.1) is 6.04 Å². The number of nitrogens with one attached hydrogen (secondary N) is 1. The van der Waals surface area contributed by atoms with E-state index in [9.17, 15) is 0 Å². The van der Waals surface area contributed by atoms with Gasteiger partial charge in [0, 0.05) is 24.7 Å². The fraction of sp³-hybridized carbons (Fsp3) is 0.833. The van der Waals surface area contributed by atoms with Gasteiger partial charge in [-0.3, -0.25) is 0 Å². The largest absolute Gasteiger partial charge is 0.370 e. The van der Waals surface area contributed by atoms with Crippen molar-refractivity contribution < 1.29 is 9.26 Å². The molecule has 6 heteroatoms. The van der Waals surface area contributed by atoms with Crippen molar-refractivity contribution in [2.24, 2.45) is 5.92 Å². The number of hydrogen-bond donors (Lipinski definition) is 1. The predicted molar refractivity (Wildman–Crippen MR) is 71.6 cm³/mol. The van der Waals surface area contributed by atoms with Gasteiger partial charge in [-0.05, 0) is 12.8 Å². The summed E-state index contributed by atoms with van der Waals surface area (Å²) in [6.45, 7) is 7.84. The molecule has 1 saturated heterocycles.